The van der Waals surface area contributed by atoms with Gasteiger partial charge in [-0.2, -0.15) is 0 Å². The van der Waals surface area contributed by atoms with Crippen molar-refractivity contribution < 1.29 is 0 Å². The summed E-state index contributed by atoms with van der Waals surface area (Å²) in [6.07, 6.45) is 15.4. The van der Waals surface area contributed by atoms with Crippen molar-refractivity contribution in [2.75, 3.05) is 43.1 Å². The quantitative estimate of drug-likeness (QED) is 0.616. The molecule has 3 heteroatoms. The van der Waals surface area contributed by atoms with Crippen LogP contribution in [0.25, 0.3) is 0 Å². The second kappa shape index (κ2) is 9.51. The fourth-order valence-electron chi connectivity index (χ4n) is 1.87. The van der Waals surface area contributed by atoms with Crippen molar-refractivity contribution in [3.05, 3.63) is 0 Å². The van der Waals surface area contributed by atoms with E-state index in [4.69, 9.17) is 0 Å². The van der Waals surface area contributed by atoms with Gasteiger partial charge in [0.1, 0.15) is 0 Å². The number of rotatable bonds is 1. The van der Waals surface area contributed by atoms with Gasteiger partial charge in [-0.25, -0.2) is 0 Å². The van der Waals surface area contributed by atoms with E-state index in [1.54, 1.807) is 37.5 Å². The molecule has 2 atom stereocenters. The Kier molecular flexibility index (Phi) is 9.07. The SMILES string of the molecule is CCP1CCCPCCCPCCC1. The lowest BCUT2D eigenvalue weighted by Crippen LogP contribution is -1.97. The lowest BCUT2D eigenvalue weighted by Gasteiger charge is -2.16. The van der Waals surface area contributed by atoms with Gasteiger partial charge in [0, 0.05) is 0 Å². The highest BCUT2D eigenvalue weighted by Crippen LogP contribution is 2.38. The molecule has 0 radical (unpaired) electrons. The maximum absolute atomic E-state index is 2.40. The van der Waals surface area contributed by atoms with Crippen molar-refractivity contribution in [2.45, 2.75) is 26.2 Å². The molecular weight excluding hydrogens is 225 g/mol. The Morgan fingerprint density at radius 2 is 1.36 bits per heavy atom. The highest BCUT2D eigenvalue weighted by molar-refractivity contribution is 7.57. The molecule has 0 bridgehead atoms. The first-order chi connectivity index (χ1) is 6.93. The minimum absolute atomic E-state index is 0.446. The zero-order chi connectivity index (χ0) is 10.1. The molecule has 0 N–H and O–H groups in total. The third-order valence-electron chi connectivity index (χ3n) is 2.81. The molecule has 0 aromatic carbocycles. The lowest BCUT2D eigenvalue weighted by atomic mass is 10.5. The van der Waals surface area contributed by atoms with Crippen molar-refractivity contribution in [3.63, 3.8) is 0 Å². The van der Waals surface area contributed by atoms with E-state index in [2.05, 4.69) is 6.92 Å². The van der Waals surface area contributed by atoms with Crippen LogP contribution in [-0.4, -0.2) is 43.1 Å². The summed E-state index contributed by atoms with van der Waals surface area (Å²) in [5.74, 6) is 0. The van der Waals surface area contributed by atoms with Crippen LogP contribution in [0.4, 0.5) is 0 Å². The van der Waals surface area contributed by atoms with Gasteiger partial charge < -0.3 is 0 Å². The third kappa shape index (κ3) is 6.71. The molecule has 0 nitrogen and oxygen atoms in total. The Hall–Kier alpha value is 1.29. The highest BCUT2D eigenvalue weighted by atomic mass is 31.1. The fraction of sp³-hybridized carbons (Fsp3) is 1.00. The summed E-state index contributed by atoms with van der Waals surface area (Å²) >= 11 is 0. The molecule has 1 heterocycles. The molecule has 1 fully saturated rings. The fourth-order valence-corrected chi connectivity index (χ4v) is 7.09. The van der Waals surface area contributed by atoms with E-state index < -0.39 is 0 Å². The van der Waals surface area contributed by atoms with Crippen LogP contribution in [0, 0.1) is 0 Å². The molecule has 84 valence electrons. The molecule has 1 saturated heterocycles. The second-order valence-electron chi connectivity index (χ2n) is 3.99. The molecule has 1 aliphatic heterocycles. The summed E-state index contributed by atoms with van der Waals surface area (Å²) in [4.78, 5) is 0. The molecule has 2 unspecified atom stereocenters. The van der Waals surface area contributed by atoms with Gasteiger partial charge in [0.15, 0.2) is 0 Å². The zero-order valence-corrected chi connectivity index (χ0v) is 12.4. The van der Waals surface area contributed by atoms with Gasteiger partial charge in [-0.15, -0.1) is 25.1 Å². The lowest BCUT2D eigenvalue weighted by molar-refractivity contribution is 1.03. The smallest absolute Gasteiger partial charge is 0.0323 e. The van der Waals surface area contributed by atoms with E-state index in [0.717, 1.165) is 0 Å². The standard InChI is InChI=1S/C11H25P3/c1-2-14-10-4-8-12-6-3-7-13-9-5-11-14/h12-13H,2-11H2,1H3. The predicted molar refractivity (Wildman–Crippen MR) is 77.1 cm³/mol. The summed E-state index contributed by atoms with van der Waals surface area (Å²) in [7, 11) is 3.01. The highest BCUT2D eigenvalue weighted by Gasteiger charge is 2.05. The van der Waals surface area contributed by atoms with Crippen LogP contribution in [0.2, 0.25) is 0 Å². The van der Waals surface area contributed by atoms with Crippen molar-refractivity contribution in [1.82, 2.24) is 0 Å². The molecule has 0 aromatic heterocycles. The molecule has 1 aliphatic rings. The van der Waals surface area contributed by atoms with E-state index in [1.807, 2.05) is 0 Å². The first kappa shape index (κ1) is 13.4. The molecule has 0 saturated carbocycles. The summed E-state index contributed by atoms with van der Waals surface area (Å²) in [6, 6.07) is 0. The predicted octanol–water partition coefficient (Wildman–Crippen LogP) is 4.03. The Morgan fingerprint density at radius 1 is 0.857 bits per heavy atom. The zero-order valence-electron chi connectivity index (χ0n) is 9.52. The summed E-state index contributed by atoms with van der Waals surface area (Å²) in [5, 5.41) is 0. The van der Waals surface area contributed by atoms with Crippen molar-refractivity contribution in [3.8, 4) is 0 Å². The van der Waals surface area contributed by atoms with E-state index in [1.165, 1.54) is 42.1 Å². The van der Waals surface area contributed by atoms with Crippen LogP contribution in [0.5, 0.6) is 0 Å². The van der Waals surface area contributed by atoms with E-state index >= 15 is 0 Å². The normalized spacial score (nSPS) is 31.1. The van der Waals surface area contributed by atoms with Gasteiger partial charge in [-0.3, -0.25) is 0 Å². The first-order valence-electron chi connectivity index (χ1n) is 6.07. The Balaban J connectivity index is 2.17. The van der Waals surface area contributed by atoms with Crippen molar-refractivity contribution in [1.29, 1.82) is 0 Å². The molecule has 1 rings (SSSR count). The largest absolute Gasteiger partial charge is 0.122 e. The van der Waals surface area contributed by atoms with Crippen LogP contribution in [-0.2, 0) is 0 Å². The second-order valence-corrected chi connectivity index (χ2v) is 9.86. The summed E-state index contributed by atoms with van der Waals surface area (Å²) in [6.45, 7) is 2.40. The van der Waals surface area contributed by atoms with Crippen LogP contribution in [0.3, 0.4) is 0 Å². The van der Waals surface area contributed by atoms with Gasteiger partial charge in [0.2, 0.25) is 0 Å². The van der Waals surface area contributed by atoms with Crippen molar-refractivity contribution in [2.24, 2.45) is 0 Å². The van der Waals surface area contributed by atoms with Gasteiger partial charge in [0.25, 0.3) is 0 Å². The van der Waals surface area contributed by atoms with Crippen LogP contribution in [0.15, 0.2) is 0 Å². The monoisotopic (exact) mass is 250 g/mol. The van der Waals surface area contributed by atoms with E-state index in [0.29, 0.717) is 7.92 Å². The average Bonchev–Trinajstić information content (AvgIpc) is 2.19. The third-order valence-corrected chi connectivity index (χ3v) is 8.43. The minimum Gasteiger partial charge on any atom is -0.122 e. The topological polar surface area (TPSA) is 0 Å². The van der Waals surface area contributed by atoms with E-state index in [-0.39, 0.29) is 0 Å². The average molecular weight is 250 g/mol. The Bertz CT molecular complexity index is 116. The van der Waals surface area contributed by atoms with Gasteiger partial charge in [-0.1, -0.05) is 6.92 Å². The van der Waals surface area contributed by atoms with Crippen LogP contribution < -0.4 is 0 Å². The molecule has 0 spiro atoms. The molecule has 0 amide bonds. The molecule has 14 heavy (non-hydrogen) atoms. The molecule has 0 aliphatic carbocycles. The Labute approximate surface area is 94.7 Å². The number of hydrogen-bond donors (Lipinski definition) is 0. The van der Waals surface area contributed by atoms with Gasteiger partial charge in [0.05, 0.1) is 0 Å². The van der Waals surface area contributed by atoms with Crippen molar-refractivity contribution >= 4 is 25.1 Å². The van der Waals surface area contributed by atoms with Gasteiger partial charge in [-0.05, 0) is 62.4 Å². The van der Waals surface area contributed by atoms with Gasteiger partial charge >= 0.3 is 0 Å². The van der Waals surface area contributed by atoms with Crippen LogP contribution >= 0.6 is 25.1 Å². The maximum atomic E-state index is 2.40. The maximum Gasteiger partial charge on any atom is -0.0323 e. The number of hydrogen-bond acceptors (Lipinski definition) is 0. The summed E-state index contributed by atoms with van der Waals surface area (Å²) in [5.41, 5.74) is 0. The first-order valence-corrected chi connectivity index (χ1v) is 10.8. The summed E-state index contributed by atoms with van der Waals surface area (Å²) < 4.78 is 0. The molecular formula is C11H25P3. The van der Waals surface area contributed by atoms with E-state index in [9.17, 15) is 0 Å². The molecule has 0 aromatic rings. The van der Waals surface area contributed by atoms with Crippen LogP contribution in [0.1, 0.15) is 26.2 Å². The minimum atomic E-state index is 0.446. The Morgan fingerprint density at radius 3 is 1.86 bits per heavy atom.